The summed E-state index contributed by atoms with van der Waals surface area (Å²) in [5, 5.41) is 0. The number of ether oxygens (including phenoxy) is 2. The largest absolute Gasteiger partial charge is 0.493 e. The van der Waals surface area contributed by atoms with Crippen molar-refractivity contribution in [3.8, 4) is 11.5 Å². The molecular weight excluding hydrogens is 368 g/mol. The summed E-state index contributed by atoms with van der Waals surface area (Å²) < 4.78 is 10.8. The number of methoxy groups -OCH3 is 2. The van der Waals surface area contributed by atoms with Crippen molar-refractivity contribution < 1.29 is 14.3 Å². The summed E-state index contributed by atoms with van der Waals surface area (Å²) in [5.41, 5.74) is 2.56. The van der Waals surface area contributed by atoms with Crippen molar-refractivity contribution in [3.63, 3.8) is 0 Å². The molecule has 150 valence electrons. The number of benzene rings is 2. The highest BCUT2D eigenvalue weighted by Gasteiger charge is 2.28. The maximum Gasteiger partial charge on any atom is 0.228 e. The minimum Gasteiger partial charge on any atom is -0.493 e. The maximum absolute atomic E-state index is 13.1. The lowest BCUT2D eigenvalue weighted by Gasteiger charge is -2.33. The number of aryl methyl sites for hydroxylation is 1. The molecule has 0 aliphatic carbocycles. The Kier molecular flexibility index (Phi) is 5.20. The first-order valence-electron chi connectivity index (χ1n) is 9.60. The molecule has 1 aromatic heterocycles. The van der Waals surface area contributed by atoms with Crippen LogP contribution < -0.4 is 19.3 Å². The van der Waals surface area contributed by atoms with Crippen molar-refractivity contribution in [1.82, 2.24) is 9.97 Å². The van der Waals surface area contributed by atoms with E-state index < -0.39 is 0 Å². The first-order chi connectivity index (χ1) is 14.1. The zero-order chi connectivity index (χ0) is 20.4. The molecule has 7 heteroatoms. The Morgan fingerprint density at radius 2 is 1.69 bits per heavy atom. The van der Waals surface area contributed by atoms with E-state index in [1.807, 2.05) is 54.4 Å². The Balaban J connectivity index is 1.59. The first-order valence-corrected chi connectivity index (χ1v) is 9.60. The predicted octanol–water partition coefficient (Wildman–Crippen LogP) is 3.06. The van der Waals surface area contributed by atoms with Gasteiger partial charge in [-0.25, -0.2) is 9.97 Å². The van der Waals surface area contributed by atoms with E-state index in [2.05, 4.69) is 0 Å². The molecule has 0 atom stereocenters. The number of hydrogen-bond donors (Lipinski definition) is 0. The van der Waals surface area contributed by atoms with E-state index in [1.165, 1.54) is 0 Å². The monoisotopic (exact) mass is 392 g/mol. The number of aromatic nitrogens is 2. The molecule has 1 aliphatic heterocycles. The van der Waals surface area contributed by atoms with Gasteiger partial charge in [-0.2, -0.15) is 0 Å². The third-order valence-electron chi connectivity index (χ3n) is 5.20. The number of fused-ring (bicyclic) bond motifs is 2. The Morgan fingerprint density at radius 1 is 0.966 bits per heavy atom. The van der Waals surface area contributed by atoms with Crippen LogP contribution in [0.2, 0.25) is 0 Å². The van der Waals surface area contributed by atoms with Crippen molar-refractivity contribution in [3.05, 3.63) is 48.0 Å². The average Bonchev–Trinajstić information content (AvgIpc) is 2.76. The van der Waals surface area contributed by atoms with Gasteiger partial charge < -0.3 is 14.4 Å². The zero-order valence-electron chi connectivity index (χ0n) is 16.9. The number of likely N-dealkylation sites (N-methyl/N-ethyl adjacent to an activating group) is 1. The second-order valence-electron chi connectivity index (χ2n) is 6.98. The van der Waals surface area contributed by atoms with Crippen LogP contribution in [0.15, 0.2) is 42.5 Å². The Hall–Kier alpha value is -3.35. The van der Waals surface area contributed by atoms with Crippen LogP contribution in [-0.4, -0.2) is 50.2 Å². The summed E-state index contributed by atoms with van der Waals surface area (Å²) >= 11 is 0. The molecule has 7 nitrogen and oxygen atoms in total. The Bertz CT molecular complexity index is 1050. The molecule has 1 aliphatic rings. The third-order valence-corrected chi connectivity index (χ3v) is 5.20. The van der Waals surface area contributed by atoms with Crippen molar-refractivity contribution in [1.29, 1.82) is 0 Å². The van der Waals surface area contributed by atoms with Gasteiger partial charge in [-0.3, -0.25) is 9.69 Å². The van der Waals surface area contributed by atoms with Crippen molar-refractivity contribution >= 4 is 28.6 Å². The average molecular weight is 392 g/mol. The number of para-hydroxylation sites is 3. The molecule has 0 saturated carbocycles. The lowest BCUT2D eigenvalue weighted by molar-refractivity contribution is -0.118. The quantitative estimate of drug-likeness (QED) is 0.665. The Labute approximate surface area is 169 Å². The number of nitrogens with zero attached hydrogens (tertiary/aromatic N) is 4. The second-order valence-corrected chi connectivity index (χ2v) is 6.98. The normalized spacial score (nSPS) is 13.3. The molecule has 0 fully saturated rings. The lowest BCUT2D eigenvalue weighted by Crippen LogP contribution is -2.43. The van der Waals surface area contributed by atoms with Gasteiger partial charge in [0.2, 0.25) is 5.91 Å². The summed E-state index contributed by atoms with van der Waals surface area (Å²) in [4.78, 5) is 26.4. The van der Waals surface area contributed by atoms with Crippen LogP contribution in [0, 0.1) is 0 Å². The molecule has 0 radical (unpaired) electrons. The van der Waals surface area contributed by atoms with Gasteiger partial charge in [-0.15, -0.1) is 0 Å². The van der Waals surface area contributed by atoms with Gasteiger partial charge in [-0.05, 0) is 30.2 Å². The van der Waals surface area contributed by atoms with E-state index in [1.54, 1.807) is 19.1 Å². The van der Waals surface area contributed by atoms with Gasteiger partial charge in [0, 0.05) is 26.6 Å². The second kappa shape index (κ2) is 7.95. The fraction of sp³-hybridized carbons (Fsp3) is 0.318. The molecule has 0 bridgehead atoms. The topological polar surface area (TPSA) is 67.8 Å². The third kappa shape index (κ3) is 3.55. The molecule has 0 spiro atoms. The lowest BCUT2D eigenvalue weighted by atomic mass is 10.1. The van der Waals surface area contributed by atoms with Crippen LogP contribution in [0.1, 0.15) is 12.0 Å². The fourth-order valence-electron chi connectivity index (χ4n) is 3.65. The van der Waals surface area contributed by atoms with E-state index in [4.69, 9.17) is 19.4 Å². The van der Waals surface area contributed by atoms with E-state index in [9.17, 15) is 4.79 Å². The summed E-state index contributed by atoms with van der Waals surface area (Å²) in [6.45, 7) is 1.30. The first kappa shape index (κ1) is 19.0. The molecule has 3 aromatic rings. The SMILES string of the molecule is COc1cccc(CCC(=O)N2CCN(C)c3nc4ccccc4nc32)c1OC. The van der Waals surface area contributed by atoms with Crippen molar-refractivity contribution in [2.24, 2.45) is 0 Å². The molecule has 0 saturated heterocycles. The summed E-state index contributed by atoms with van der Waals surface area (Å²) in [6.07, 6.45) is 0.906. The highest BCUT2D eigenvalue weighted by atomic mass is 16.5. The van der Waals surface area contributed by atoms with Crippen molar-refractivity contribution in [2.75, 3.05) is 44.2 Å². The molecule has 1 amide bonds. The fourth-order valence-corrected chi connectivity index (χ4v) is 3.65. The molecule has 4 rings (SSSR count). The van der Waals surface area contributed by atoms with E-state index in [0.717, 1.165) is 22.4 Å². The molecule has 0 N–H and O–H groups in total. The van der Waals surface area contributed by atoms with Gasteiger partial charge in [0.25, 0.3) is 0 Å². The summed E-state index contributed by atoms with van der Waals surface area (Å²) in [6, 6.07) is 13.4. The highest BCUT2D eigenvalue weighted by Crippen LogP contribution is 2.33. The van der Waals surface area contributed by atoms with E-state index in [0.29, 0.717) is 43.2 Å². The zero-order valence-corrected chi connectivity index (χ0v) is 16.9. The number of carbonyl (C=O) groups is 1. The van der Waals surface area contributed by atoms with E-state index >= 15 is 0 Å². The highest BCUT2D eigenvalue weighted by molar-refractivity contribution is 5.97. The number of amides is 1. The minimum atomic E-state index is 0.0220. The van der Waals surface area contributed by atoms with Gasteiger partial charge in [0.05, 0.1) is 25.3 Å². The standard InChI is InChI=1S/C22H24N4O3/c1-25-13-14-26(22-21(25)23-16-8-4-5-9-17(16)24-22)19(27)12-11-15-7-6-10-18(28-2)20(15)29-3/h4-10H,11-14H2,1-3H3. The smallest absolute Gasteiger partial charge is 0.228 e. The number of hydrogen-bond acceptors (Lipinski definition) is 6. The molecule has 29 heavy (non-hydrogen) atoms. The van der Waals surface area contributed by atoms with Crippen LogP contribution in [0.3, 0.4) is 0 Å². The molecular formula is C22H24N4O3. The summed E-state index contributed by atoms with van der Waals surface area (Å²) in [5.74, 6) is 2.73. The van der Waals surface area contributed by atoms with Crippen LogP contribution in [0.4, 0.5) is 11.6 Å². The predicted molar refractivity (Wildman–Crippen MR) is 113 cm³/mol. The van der Waals surface area contributed by atoms with Gasteiger partial charge in [-0.1, -0.05) is 24.3 Å². The van der Waals surface area contributed by atoms with Crippen LogP contribution in [0.5, 0.6) is 11.5 Å². The molecule has 2 heterocycles. The number of anilines is 2. The van der Waals surface area contributed by atoms with Gasteiger partial charge >= 0.3 is 0 Å². The van der Waals surface area contributed by atoms with E-state index in [-0.39, 0.29) is 5.91 Å². The Morgan fingerprint density at radius 3 is 2.38 bits per heavy atom. The maximum atomic E-state index is 13.1. The summed E-state index contributed by atoms with van der Waals surface area (Å²) in [7, 11) is 5.20. The molecule has 0 unspecified atom stereocenters. The van der Waals surface area contributed by atoms with Crippen molar-refractivity contribution in [2.45, 2.75) is 12.8 Å². The van der Waals surface area contributed by atoms with Crippen LogP contribution >= 0.6 is 0 Å². The number of rotatable bonds is 5. The molecule has 2 aromatic carbocycles. The van der Waals surface area contributed by atoms with Gasteiger partial charge in [0.1, 0.15) is 0 Å². The number of carbonyl (C=O) groups excluding carboxylic acids is 1. The van der Waals surface area contributed by atoms with Crippen LogP contribution in [0.25, 0.3) is 11.0 Å². The van der Waals surface area contributed by atoms with Crippen LogP contribution in [-0.2, 0) is 11.2 Å². The van der Waals surface area contributed by atoms with Gasteiger partial charge in [0.15, 0.2) is 23.1 Å². The minimum absolute atomic E-state index is 0.0220.